The van der Waals surface area contributed by atoms with Gasteiger partial charge in [0.2, 0.25) is 0 Å². The van der Waals surface area contributed by atoms with Gasteiger partial charge in [-0.05, 0) is 37.3 Å². The summed E-state index contributed by atoms with van der Waals surface area (Å²) in [4.78, 5) is 4.48. The van der Waals surface area contributed by atoms with Crippen molar-refractivity contribution in [2.45, 2.75) is 26.6 Å². The molecule has 0 aliphatic heterocycles. The second-order valence-electron chi connectivity index (χ2n) is 6.08. The van der Waals surface area contributed by atoms with Crippen molar-refractivity contribution in [3.05, 3.63) is 47.5 Å². The third kappa shape index (κ3) is 6.68. The number of rotatable bonds is 10. The Morgan fingerprint density at radius 3 is 2.23 bits per heavy atom. The highest BCUT2D eigenvalue weighted by Gasteiger charge is 2.12. The molecular weight excluding hydrogens is 396 g/mol. The van der Waals surface area contributed by atoms with Gasteiger partial charge >= 0.3 is 6.61 Å². The molecule has 2 N–H and O–H groups in total. The summed E-state index contributed by atoms with van der Waals surface area (Å²) in [6.07, 6.45) is 0. The van der Waals surface area contributed by atoms with Gasteiger partial charge in [0.05, 0.1) is 27.9 Å². The average molecular weight is 423 g/mol. The Balaban J connectivity index is 2.17. The van der Waals surface area contributed by atoms with Crippen molar-refractivity contribution in [2.75, 3.05) is 27.9 Å². The Labute approximate surface area is 175 Å². The van der Waals surface area contributed by atoms with Crippen LogP contribution in [-0.4, -0.2) is 40.4 Å². The van der Waals surface area contributed by atoms with Crippen LogP contribution in [0.3, 0.4) is 0 Å². The molecule has 164 valence electrons. The summed E-state index contributed by atoms with van der Waals surface area (Å²) >= 11 is 0. The molecule has 2 rings (SSSR count). The monoisotopic (exact) mass is 423 g/mol. The van der Waals surface area contributed by atoms with Crippen molar-refractivity contribution in [3.63, 3.8) is 0 Å². The molecule has 9 heteroatoms. The number of nitrogens with zero attached hydrogens (tertiary/aromatic N) is 1. The van der Waals surface area contributed by atoms with Gasteiger partial charge in [-0.25, -0.2) is 4.99 Å². The first-order chi connectivity index (χ1) is 14.5. The number of methoxy groups -OCH3 is 3. The first-order valence-corrected chi connectivity index (χ1v) is 9.35. The van der Waals surface area contributed by atoms with Gasteiger partial charge in [0.15, 0.2) is 5.96 Å². The highest BCUT2D eigenvalue weighted by atomic mass is 19.3. The maximum atomic E-state index is 12.7. The van der Waals surface area contributed by atoms with Gasteiger partial charge < -0.3 is 29.6 Å². The van der Waals surface area contributed by atoms with E-state index < -0.39 is 6.61 Å². The number of nitrogens with one attached hydrogen (secondary N) is 2. The van der Waals surface area contributed by atoms with E-state index in [2.05, 4.69) is 20.4 Å². The fourth-order valence-corrected chi connectivity index (χ4v) is 2.70. The minimum atomic E-state index is -2.92. The molecule has 0 spiro atoms. The van der Waals surface area contributed by atoms with Crippen LogP contribution in [0.1, 0.15) is 18.1 Å². The number of halogens is 2. The highest BCUT2D eigenvalue weighted by molar-refractivity contribution is 5.79. The summed E-state index contributed by atoms with van der Waals surface area (Å²) in [7, 11) is 4.68. The fourth-order valence-electron chi connectivity index (χ4n) is 2.70. The first-order valence-electron chi connectivity index (χ1n) is 9.35. The molecule has 0 unspecified atom stereocenters. The van der Waals surface area contributed by atoms with E-state index in [0.29, 0.717) is 41.9 Å². The van der Waals surface area contributed by atoms with E-state index in [-0.39, 0.29) is 12.3 Å². The zero-order valence-electron chi connectivity index (χ0n) is 17.5. The quantitative estimate of drug-likeness (QED) is 0.450. The number of aliphatic imine (C=N–C) groups is 1. The molecule has 0 saturated carbocycles. The van der Waals surface area contributed by atoms with Gasteiger partial charge in [0.1, 0.15) is 23.0 Å². The minimum Gasteiger partial charge on any atom is -0.497 e. The van der Waals surface area contributed by atoms with E-state index in [1.54, 1.807) is 32.4 Å². The van der Waals surface area contributed by atoms with Crippen LogP contribution in [0.2, 0.25) is 0 Å². The third-order valence-corrected chi connectivity index (χ3v) is 4.18. The maximum Gasteiger partial charge on any atom is 0.387 e. The van der Waals surface area contributed by atoms with Crippen LogP contribution < -0.4 is 29.6 Å². The van der Waals surface area contributed by atoms with Gasteiger partial charge in [0.25, 0.3) is 0 Å². The van der Waals surface area contributed by atoms with E-state index in [9.17, 15) is 8.78 Å². The Bertz CT molecular complexity index is 847. The molecule has 2 aromatic carbocycles. The van der Waals surface area contributed by atoms with Gasteiger partial charge in [-0.1, -0.05) is 0 Å². The zero-order chi connectivity index (χ0) is 21.9. The predicted octanol–water partition coefficient (Wildman–Crippen LogP) is 3.57. The standard InChI is InChI=1S/C21H27F2N3O4/c1-5-24-21(25-12-14-6-7-17(28-3)11-19(14)29-4)26-13-15-10-16(27-2)8-9-18(15)30-20(22)23/h6-11,20H,5,12-13H2,1-4H3,(H2,24,25,26). The molecule has 0 radical (unpaired) electrons. The molecule has 0 aliphatic carbocycles. The smallest absolute Gasteiger partial charge is 0.387 e. The van der Waals surface area contributed by atoms with Crippen molar-refractivity contribution < 1.29 is 27.7 Å². The lowest BCUT2D eigenvalue weighted by molar-refractivity contribution is -0.0504. The van der Waals surface area contributed by atoms with Crippen molar-refractivity contribution >= 4 is 5.96 Å². The first kappa shape index (κ1) is 23.1. The highest BCUT2D eigenvalue weighted by Crippen LogP contribution is 2.27. The van der Waals surface area contributed by atoms with Gasteiger partial charge in [0, 0.05) is 30.3 Å². The zero-order valence-corrected chi connectivity index (χ0v) is 17.5. The van der Waals surface area contributed by atoms with Crippen LogP contribution in [0.5, 0.6) is 23.0 Å². The van der Waals surface area contributed by atoms with Crippen LogP contribution in [0.25, 0.3) is 0 Å². The van der Waals surface area contributed by atoms with Crippen LogP contribution >= 0.6 is 0 Å². The Kier molecular flexibility index (Phi) is 8.99. The van der Waals surface area contributed by atoms with Crippen LogP contribution in [0.4, 0.5) is 8.78 Å². The summed E-state index contributed by atoms with van der Waals surface area (Å²) < 4.78 is 45.8. The topological polar surface area (TPSA) is 73.3 Å². The van der Waals surface area contributed by atoms with Gasteiger partial charge in [-0.2, -0.15) is 8.78 Å². The van der Waals surface area contributed by atoms with E-state index in [1.807, 2.05) is 19.1 Å². The van der Waals surface area contributed by atoms with Gasteiger partial charge in [-0.3, -0.25) is 0 Å². The molecule has 0 fully saturated rings. The molecule has 2 aromatic rings. The summed E-state index contributed by atoms with van der Waals surface area (Å²) in [6, 6.07) is 10.2. The van der Waals surface area contributed by atoms with Crippen LogP contribution in [0.15, 0.2) is 41.4 Å². The summed E-state index contributed by atoms with van der Waals surface area (Å²) in [5.74, 6) is 2.48. The van der Waals surface area contributed by atoms with Crippen LogP contribution in [0, 0.1) is 0 Å². The number of alkyl halides is 2. The summed E-state index contributed by atoms with van der Waals surface area (Å²) in [5, 5.41) is 6.33. The second kappa shape index (κ2) is 11.7. The van der Waals surface area contributed by atoms with E-state index in [1.165, 1.54) is 13.2 Å². The Hall–Kier alpha value is -3.23. The number of guanidine groups is 1. The van der Waals surface area contributed by atoms with Crippen LogP contribution in [-0.2, 0) is 13.1 Å². The number of hydrogen-bond donors (Lipinski definition) is 2. The third-order valence-electron chi connectivity index (χ3n) is 4.18. The molecule has 0 heterocycles. The molecule has 0 saturated heterocycles. The molecule has 0 aliphatic rings. The summed E-state index contributed by atoms with van der Waals surface area (Å²) in [5.41, 5.74) is 1.39. The van der Waals surface area contributed by atoms with Crippen molar-refractivity contribution in [3.8, 4) is 23.0 Å². The molecule has 7 nitrogen and oxygen atoms in total. The molecule has 0 bridgehead atoms. The normalized spacial score (nSPS) is 11.2. The SMILES string of the molecule is CCNC(=NCc1cc(OC)ccc1OC(F)F)NCc1ccc(OC)cc1OC. The Morgan fingerprint density at radius 1 is 0.900 bits per heavy atom. The molecule has 0 amide bonds. The van der Waals surface area contributed by atoms with Crippen molar-refractivity contribution in [1.29, 1.82) is 0 Å². The maximum absolute atomic E-state index is 12.7. The van der Waals surface area contributed by atoms with E-state index in [0.717, 1.165) is 5.56 Å². The fraction of sp³-hybridized carbons (Fsp3) is 0.381. The predicted molar refractivity (Wildman–Crippen MR) is 111 cm³/mol. The average Bonchev–Trinajstić information content (AvgIpc) is 2.75. The lowest BCUT2D eigenvalue weighted by atomic mass is 10.2. The van der Waals surface area contributed by atoms with Gasteiger partial charge in [-0.15, -0.1) is 0 Å². The molecule has 0 atom stereocenters. The lowest BCUT2D eigenvalue weighted by Gasteiger charge is -2.15. The van der Waals surface area contributed by atoms with Crippen molar-refractivity contribution in [1.82, 2.24) is 10.6 Å². The largest absolute Gasteiger partial charge is 0.497 e. The lowest BCUT2D eigenvalue weighted by Crippen LogP contribution is -2.36. The second-order valence-corrected chi connectivity index (χ2v) is 6.08. The van der Waals surface area contributed by atoms with E-state index >= 15 is 0 Å². The van der Waals surface area contributed by atoms with E-state index in [4.69, 9.17) is 14.2 Å². The minimum absolute atomic E-state index is 0.0576. The van der Waals surface area contributed by atoms with Crippen molar-refractivity contribution in [2.24, 2.45) is 4.99 Å². The number of hydrogen-bond acceptors (Lipinski definition) is 5. The number of ether oxygens (including phenoxy) is 4. The number of benzene rings is 2. The molecular formula is C21H27F2N3O4. The Morgan fingerprint density at radius 2 is 1.60 bits per heavy atom. The molecule has 0 aromatic heterocycles. The summed E-state index contributed by atoms with van der Waals surface area (Å²) in [6.45, 7) is 0.202. The molecule has 30 heavy (non-hydrogen) atoms.